The predicted molar refractivity (Wildman–Crippen MR) is 161 cm³/mol. The molecule has 1 N–H and O–H groups in total. The quantitative estimate of drug-likeness (QED) is 0.0837. The summed E-state index contributed by atoms with van der Waals surface area (Å²) in [6.45, 7) is 2.76. The van der Waals surface area contributed by atoms with Crippen LogP contribution in [0.5, 0.6) is 0 Å². The molecule has 3 aromatic carbocycles. The number of imide groups is 1. The molecule has 218 valence electrons. The van der Waals surface area contributed by atoms with Crippen LogP contribution in [0, 0.1) is 5.92 Å². The lowest BCUT2D eigenvalue weighted by Crippen LogP contribution is -2.47. The van der Waals surface area contributed by atoms with Crippen LogP contribution >= 0.6 is 58.0 Å². The molecule has 0 aromatic heterocycles. The first-order chi connectivity index (χ1) is 19.8. The van der Waals surface area contributed by atoms with Crippen LogP contribution < -0.4 is 5.32 Å². The fraction of sp³-hybridized carbons (Fsp3) is 0.207. The Kier molecular flexibility index (Phi) is 9.85. The number of rotatable bonds is 9. The molecule has 0 aliphatic carbocycles. The van der Waals surface area contributed by atoms with Gasteiger partial charge < -0.3 is 10.1 Å². The number of amides is 3. The lowest BCUT2D eigenvalue weighted by Gasteiger charge is -2.26. The minimum atomic E-state index is -1.42. The van der Waals surface area contributed by atoms with Gasteiger partial charge in [0.25, 0.3) is 17.7 Å². The van der Waals surface area contributed by atoms with Crippen molar-refractivity contribution in [1.82, 2.24) is 4.90 Å². The summed E-state index contributed by atoms with van der Waals surface area (Å²) in [4.78, 5) is 66.4. The van der Waals surface area contributed by atoms with E-state index in [1.54, 1.807) is 44.2 Å². The SMILES string of the molecule is CC(C)C[C@H](C(=O)OCC(=O)Nc1ccc(Cl)cc1C(=O)c1ccccc1)N1C(=O)c2c(Cl)c(Cl)c(Cl)c(Cl)c2C1=O. The fourth-order valence-corrected chi connectivity index (χ4v) is 5.57. The minimum Gasteiger partial charge on any atom is -0.454 e. The smallest absolute Gasteiger partial charge is 0.329 e. The molecule has 3 amide bonds. The lowest BCUT2D eigenvalue weighted by molar-refractivity contribution is -0.151. The van der Waals surface area contributed by atoms with Crippen molar-refractivity contribution in [3.8, 4) is 0 Å². The van der Waals surface area contributed by atoms with Gasteiger partial charge in [0.05, 0.1) is 36.9 Å². The zero-order chi connectivity index (χ0) is 30.9. The van der Waals surface area contributed by atoms with Crippen molar-refractivity contribution < 1.29 is 28.7 Å². The van der Waals surface area contributed by atoms with E-state index >= 15 is 0 Å². The highest BCUT2D eigenvalue weighted by Gasteiger charge is 2.47. The summed E-state index contributed by atoms with van der Waals surface area (Å²) in [5.41, 5.74) is 0.0916. The maximum atomic E-state index is 13.3. The number of fused-ring (bicyclic) bond motifs is 1. The van der Waals surface area contributed by atoms with Gasteiger partial charge in [-0.15, -0.1) is 0 Å². The number of ether oxygens (including phenoxy) is 1. The van der Waals surface area contributed by atoms with E-state index in [1.807, 2.05) is 0 Å². The summed E-state index contributed by atoms with van der Waals surface area (Å²) in [7, 11) is 0. The maximum Gasteiger partial charge on any atom is 0.329 e. The van der Waals surface area contributed by atoms with Gasteiger partial charge in [0.15, 0.2) is 12.4 Å². The summed E-state index contributed by atoms with van der Waals surface area (Å²) in [5, 5.41) is 1.85. The Labute approximate surface area is 265 Å². The predicted octanol–water partition coefficient (Wildman–Crippen LogP) is 7.38. The van der Waals surface area contributed by atoms with Crippen molar-refractivity contribution >= 4 is 93.2 Å². The van der Waals surface area contributed by atoms with Crippen molar-refractivity contribution in [2.45, 2.75) is 26.3 Å². The van der Waals surface area contributed by atoms with E-state index in [4.69, 9.17) is 62.7 Å². The van der Waals surface area contributed by atoms with Crippen molar-refractivity contribution in [2.24, 2.45) is 5.92 Å². The number of halogens is 5. The monoisotopic (exact) mass is 668 g/mol. The van der Waals surface area contributed by atoms with E-state index in [-0.39, 0.29) is 65.6 Å². The summed E-state index contributed by atoms with van der Waals surface area (Å²) < 4.78 is 5.24. The van der Waals surface area contributed by atoms with Gasteiger partial charge in [0.2, 0.25) is 0 Å². The molecular formula is C29H21Cl5N2O6. The Morgan fingerprint density at radius 1 is 0.833 bits per heavy atom. The normalized spacial score (nSPS) is 13.3. The number of carbonyl (C=O) groups is 5. The Morgan fingerprint density at radius 3 is 1.95 bits per heavy atom. The average molecular weight is 671 g/mol. The molecule has 4 rings (SSSR count). The molecule has 1 atom stereocenters. The third-order valence-electron chi connectivity index (χ3n) is 6.29. The molecule has 0 fully saturated rings. The van der Waals surface area contributed by atoms with Crippen LogP contribution in [0.4, 0.5) is 5.69 Å². The molecule has 3 aromatic rings. The molecule has 1 heterocycles. The van der Waals surface area contributed by atoms with E-state index in [1.165, 1.54) is 18.2 Å². The second kappa shape index (κ2) is 13.0. The van der Waals surface area contributed by atoms with Crippen molar-refractivity contribution in [3.05, 3.63) is 95.9 Å². The standard InChI is InChI=1S/C29H21Cl5N2O6/c1-13(2)10-18(36-27(39)20-21(28(36)40)23(32)25(34)24(33)22(20)31)29(41)42-12-19(37)35-17-9-8-15(30)11-16(17)26(38)14-6-4-3-5-7-14/h3-9,11,13,18H,10,12H2,1-2H3,(H,35,37)/t18-/m1/s1. The number of nitrogens with zero attached hydrogens (tertiary/aromatic N) is 1. The van der Waals surface area contributed by atoms with E-state index < -0.39 is 36.3 Å². The molecule has 0 saturated carbocycles. The summed E-state index contributed by atoms with van der Waals surface area (Å²) in [5.74, 6) is -4.17. The van der Waals surface area contributed by atoms with Gasteiger partial charge in [-0.25, -0.2) is 4.79 Å². The number of hydrogen-bond acceptors (Lipinski definition) is 6. The number of nitrogens with one attached hydrogen (secondary N) is 1. The molecule has 1 aliphatic heterocycles. The van der Waals surface area contributed by atoms with Crippen LogP contribution in [0.2, 0.25) is 25.1 Å². The molecule has 0 spiro atoms. The first-order valence-corrected chi connectivity index (χ1v) is 14.3. The fourth-order valence-electron chi connectivity index (χ4n) is 4.38. The molecule has 0 bridgehead atoms. The van der Waals surface area contributed by atoms with E-state index in [0.717, 1.165) is 0 Å². The largest absolute Gasteiger partial charge is 0.454 e. The maximum absolute atomic E-state index is 13.3. The Bertz CT molecular complexity index is 1580. The number of esters is 1. The molecular weight excluding hydrogens is 650 g/mol. The first kappa shape index (κ1) is 31.8. The first-order valence-electron chi connectivity index (χ1n) is 12.4. The highest BCUT2D eigenvalue weighted by molar-refractivity contribution is 6.55. The van der Waals surface area contributed by atoms with E-state index in [9.17, 15) is 24.0 Å². The van der Waals surface area contributed by atoms with Crippen LogP contribution in [0.15, 0.2) is 48.5 Å². The zero-order valence-corrected chi connectivity index (χ0v) is 25.8. The third kappa shape index (κ3) is 6.28. The number of carbonyl (C=O) groups excluding carboxylic acids is 5. The lowest BCUT2D eigenvalue weighted by atomic mass is 10.0. The number of anilines is 1. The minimum absolute atomic E-state index is 0.00946. The number of benzene rings is 3. The molecule has 8 nitrogen and oxygen atoms in total. The Balaban J connectivity index is 1.53. The second-order valence-electron chi connectivity index (χ2n) is 9.67. The third-order valence-corrected chi connectivity index (χ3v) is 8.33. The van der Waals surface area contributed by atoms with Crippen LogP contribution in [0.1, 0.15) is 56.9 Å². The van der Waals surface area contributed by atoms with Crippen LogP contribution in [0.3, 0.4) is 0 Å². The molecule has 42 heavy (non-hydrogen) atoms. The molecule has 0 radical (unpaired) electrons. The van der Waals surface area contributed by atoms with Crippen molar-refractivity contribution in [1.29, 1.82) is 0 Å². The zero-order valence-electron chi connectivity index (χ0n) is 22.0. The van der Waals surface area contributed by atoms with Gasteiger partial charge in [0, 0.05) is 16.1 Å². The molecule has 1 aliphatic rings. The molecule has 13 heteroatoms. The molecule has 0 unspecified atom stereocenters. The van der Waals surface area contributed by atoms with Gasteiger partial charge >= 0.3 is 5.97 Å². The van der Waals surface area contributed by atoms with Crippen molar-refractivity contribution in [3.63, 3.8) is 0 Å². The van der Waals surface area contributed by atoms with Crippen LogP contribution in [-0.4, -0.2) is 47.0 Å². The van der Waals surface area contributed by atoms with Gasteiger partial charge in [-0.2, -0.15) is 0 Å². The Hall–Kier alpha value is -3.14. The van der Waals surface area contributed by atoms with E-state index in [2.05, 4.69) is 5.32 Å². The van der Waals surface area contributed by atoms with Gasteiger partial charge in [-0.1, -0.05) is 102 Å². The second-order valence-corrected chi connectivity index (χ2v) is 11.6. The highest BCUT2D eigenvalue weighted by Crippen LogP contribution is 2.45. The Morgan fingerprint density at radius 2 is 1.40 bits per heavy atom. The number of ketones is 1. The van der Waals surface area contributed by atoms with Gasteiger partial charge in [0.1, 0.15) is 6.04 Å². The highest BCUT2D eigenvalue weighted by atomic mass is 35.5. The van der Waals surface area contributed by atoms with Gasteiger partial charge in [-0.3, -0.25) is 24.1 Å². The average Bonchev–Trinajstić information content (AvgIpc) is 3.22. The summed E-state index contributed by atoms with van der Waals surface area (Å²) in [6, 6.07) is 11.3. The van der Waals surface area contributed by atoms with E-state index in [0.29, 0.717) is 10.5 Å². The summed E-state index contributed by atoms with van der Waals surface area (Å²) >= 11 is 30.7. The van der Waals surface area contributed by atoms with Gasteiger partial charge in [-0.05, 0) is 30.5 Å². The van der Waals surface area contributed by atoms with Crippen LogP contribution in [-0.2, 0) is 14.3 Å². The topological polar surface area (TPSA) is 110 Å². The number of hydrogen-bond donors (Lipinski definition) is 1. The molecule has 0 saturated heterocycles. The van der Waals surface area contributed by atoms with Crippen LogP contribution in [0.25, 0.3) is 0 Å². The summed E-state index contributed by atoms with van der Waals surface area (Å²) in [6.07, 6.45) is 0.00946. The van der Waals surface area contributed by atoms with Crippen molar-refractivity contribution in [2.75, 3.05) is 11.9 Å².